The lowest BCUT2D eigenvalue weighted by Gasteiger charge is -2.43. The molecule has 102 valence electrons. The van der Waals surface area contributed by atoms with Gasteiger partial charge in [0.05, 0.1) is 11.6 Å². The van der Waals surface area contributed by atoms with Crippen LogP contribution in [0.2, 0.25) is 5.02 Å². The van der Waals surface area contributed by atoms with Crippen molar-refractivity contribution < 1.29 is 9.59 Å². The van der Waals surface area contributed by atoms with Gasteiger partial charge in [-0.05, 0) is 25.0 Å². The normalized spacial score (nSPS) is 23.4. The lowest BCUT2D eigenvalue weighted by molar-refractivity contribution is -0.153. The van der Waals surface area contributed by atoms with Crippen LogP contribution in [0.25, 0.3) is 0 Å². The van der Waals surface area contributed by atoms with E-state index >= 15 is 0 Å². The molecule has 0 saturated carbocycles. The van der Waals surface area contributed by atoms with Crippen molar-refractivity contribution in [2.24, 2.45) is 0 Å². The second kappa shape index (κ2) is 5.17. The zero-order valence-corrected chi connectivity index (χ0v) is 11.7. The van der Waals surface area contributed by atoms with Crippen molar-refractivity contribution in [2.75, 3.05) is 6.54 Å². The van der Waals surface area contributed by atoms with Gasteiger partial charge in [0.15, 0.2) is 0 Å². The average molecular weight is 282 g/mol. The van der Waals surface area contributed by atoms with Crippen molar-refractivity contribution in [3.63, 3.8) is 0 Å². The van der Waals surface area contributed by atoms with E-state index in [9.17, 15) is 9.59 Å². The zero-order valence-electron chi connectivity index (χ0n) is 10.9. The molecule has 1 unspecified atom stereocenters. The number of hydrogen-bond donors (Lipinski definition) is 1. The van der Waals surface area contributed by atoms with Crippen LogP contribution in [0.15, 0.2) is 18.5 Å². The SMILES string of the molecule is CCC1(C)C(=O)NCC(=O)N1Cc1ccncc1Cl. The summed E-state index contributed by atoms with van der Waals surface area (Å²) in [6.07, 6.45) is 3.71. The highest BCUT2D eigenvalue weighted by molar-refractivity contribution is 6.31. The van der Waals surface area contributed by atoms with Gasteiger partial charge in [-0.2, -0.15) is 0 Å². The zero-order chi connectivity index (χ0) is 14.0. The number of pyridine rings is 1. The van der Waals surface area contributed by atoms with Crippen LogP contribution in [-0.4, -0.2) is 33.8 Å². The summed E-state index contributed by atoms with van der Waals surface area (Å²) in [5.41, 5.74) is -0.0403. The third-order valence-electron chi connectivity index (χ3n) is 3.66. The fourth-order valence-electron chi connectivity index (χ4n) is 2.16. The molecule has 1 fully saturated rings. The highest BCUT2D eigenvalue weighted by Gasteiger charge is 2.44. The van der Waals surface area contributed by atoms with Gasteiger partial charge >= 0.3 is 0 Å². The first-order valence-corrected chi connectivity index (χ1v) is 6.54. The van der Waals surface area contributed by atoms with Crippen molar-refractivity contribution in [3.05, 3.63) is 29.0 Å². The van der Waals surface area contributed by atoms with Gasteiger partial charge in [0.25, 0.3) is 0 Å². The summed E-state index contributed by atoms with van der Waals surface area (Å²) < 4.78 is 0. The first-order chi connectivity index (χ1) is 8.99. The molecule has 1 aliphatic heterocycles. The molecule has 19 heavy (non-hydrogen) atoms. The topological polar surface area (TPSA) is 62.3 Å². The number of carbonyl (C=O) groups excluding carboxylic acids is 2. The van der Waals surface area contributed by atoms with Crippen molar-refractivity contribution in [3.8, 4) is 0 Å². The minimum Gasteiger partial charge on any atom is -0.345 e. The predicted octanol–water partition coefficient (Wildman–Crippen LogP) is 1.36. The van der Waals surface area contributed by atoms with E-state index in [-0.39, 0.29) is 18.4 Å². The molecular weight excluding hydrogens is 266 g/mol. The second-order valence-corrected chi connectivity index (χ2v) is 5.16. The van der Waals surface area contributed by atoms with E-state index in [1.807, 2.05) is 6.92 Å². The standard InChI is InChI=1S/C13H16ClN3O2/c1-3-13(2)12(19)16-7-11(18)17(13)8-9-4-5-15-6-10(9)14/h4-6H,3,7-8H2,1-2H3,(H,16,19). The van der Waals surface area contributed by atoms with Crippen molar-refractivity contribution in [1.82, 2.24) is 15.2 Å². The Morgan fingerprint density at radius 3 is 2.89 bits per heavy atom. The molecule has 1 aromatic heterocycles. The van der Waals surface area contributed by atoms with Gasteiger partial charge in [-0.1, -0.05) is 18.5 Å². The minimum atomic E-state index is -0.831. The number of aromatic nitrogens is 1. The number of rotatable bonds is 3. The summed E-state index contributed by atoms with van der Waals surface area (Å²) in [5, 5.41) is 3.13. The predicted molar refractivity (Wildman–Crippen MR) is 71.5 cm³/mol. The summed E-state index contributed by atoms with van der Waals surface area (Å²) in [4.78, 5) is 29.6. The Balaban J connectivity index is 2.32. The van der Waals surface area contributed by atoms with Crippen LogP contribution in [0.5, 0.6) is 0 Å². The molecule has 0 spiro atoms. The van der Waals surface area contributed by atoms with Crippen LogP contribution in [0.3, 0.4) is 0 Å². The number of nitrogens with one attached hydrogen (secondary N) is 1. The molecule has 1 N–H and O–H groups in total. The third-order valence-corrected chi connectivity index (χ3v) is 4.00. The molecule has 1 saturated heterocycles. The van der Waals surface area contributed by atoms with E-state index in [0.29, 0.717) is 18.0 Å². The van der Waals surface area contributed by atoms with E-state index in [1.165, 1.54) is 6.20 Å². The highest BCUT2D eigenvalue weighted by atomic mass is 35.5. The van der Waals surface area contributed by atoms with Crippen LogP contribution < -0.4 is 5.32 Å². The molecule has 1 aromatic rings. The van der Waals surface area contributed by atoms with Crippen LogP contribution in [0, 0.1) is 0 Å². The highest BCUT2D eigenvalue weighted by Crippen LogP contribution is 2.27. The van der Waals surface area contributed by atoms with Crippen molar-refractivity contribution >= 4 is 23.4 Å². The molecule has 0 bridgehead atoms. The summed E-state index contributed by atoms with van der Waals surface area (Å²) in [6.45, 7) is 4.02. The molecule has 6 heteroatoms. The number of amides is 2. The molecule has 2 amide bonds. The average Bonchev–Trinajstić information content (AvgIpc) is 2.41. The Morgan fingerprint density at radius 2 is 2.26 bits per heavy atom. The first kappa shape index (κ1) is 13.8. The van der Waals surface area contributed by atoms with Crippen molar-refractivity contribution in [2.45, 2.75) is 32.4 Å². The van der Waals surface area contributed by atoms with Gasteiger partial charge in [-0.3, -0.25) is 14.6 Å². The molecule has 2 rings (SSSR count). The maximum atomic E-state index is 12.1. The van der Waals surface area contributed by atoms with Gasteiger partial charge in [-0.15, -0.1) is 0 Å². The first-order valence-electron chi connectivity index (χ1n) is 6.16. The lowest BCUT2D eigenvalue weighted by Crippen LogP contribution is -2.65. The fourth-order valence-corrected chi connectivity index (χ4v) is 2.34. The Hall–Kier alpha value is -1.62. The molecule has 0 aliphatic carbocycles. The van der Waals surface area contributed by atoms with Crippen LogP contribution in [0.4, 0.5) is 0 Å². The molecule has 0 radical (unpaired) electrons. The Morgan fingerprint density at radius 1 is 1.53 bits per heavy atom. The Labute approximate surface area is 117 Å². The molecule has 1 aliphatic rings. The number of halogens is 1. The number of carbonyl (C=O) groups is 2. The number of nitrogens with zero attached hydrogens (tertiary/aromatic N) is 2. The molecule has 1 atom stereocenters. The van der Waals surface area contributed by atoms with Crippen LogP contribution in [0.1, 0.15) is 25.8 Å². The van der Waals surface area contributed by atoms with E-state index in [2.05, 4.69) is 10.3 Å². The second-order valence-electron chi connectivity index (χ2n) is 4.76. The van der Waals surface area contributed by atoms with E-state index in [0.717, 1.165) is 5.56 Å². The van der Waals surface area contributed by atoms with Gasteiger partial charge in [-0.25, -0.2) is 0 Å². The smallest absolute Gasteiger partial charge is 0.246 e. The number of piperazine rings is 1. The Kier molecular flexibility index (Phi) is 3.75. The summed E-state index contributed by atoms with van der Waals surface area (Å²) in [6, 6.07) is 1.76. The van der Waals surface area contributed by atoms with E-state index in [4.69, 9.17) is 11.6 Å². The summed E-state index contributed by atoms with van der Waals surface area (Å²) >= 11 is 6.06. The maximum absolute atomic E-state index is 12.1. The van der Waals surface area contributed by atoms with E-state index in [1.54, 1.807) is 24.1 Å². The van der Waals surface area contributed by atoms with Crippen molar-refractivity contribution in [1.29, 1.82) is 0 Å². The Bertz CT molecular complexity index is 520. The van der Waals surface area contributed by atoms with Crippen LogP contribution >= 0.6 is 11.6 Å². The monoisotopic (exact) mass is 281 g/mol. The lowest BCUT2D eigenvalue weighted by atomic mass is 9.92. The quantitative estimate of drug-likeness (QED) is 0.910. The molecule has 5 nitrogen and oxygen atoms in total. The molecule has 0 aromatic carbocycles. The minimum absolute atomic E-state index is 0.0388. The van der Waals surface area contributed by atoms with Gasteiger partial charge in [0.2, 0.25) is 11.8 Å². The van der Waals surface area contributed by atoms with Gasteiger partial charge in [0, 0.05) is 18.9 Å². The maximum Gasteiger partial charge on any atom is 0.246 e. The third kappa shape index (κ3) is 2.42. The molecule has 2 heterocycles. The number of hydrogen-bond acceptors (Lipinski definition) is 3. The largest absolute Gasteiger partial charge is 0.345 e. The molecular formula is C13H16ClN3O2. The van der Waals surface area contributed by atoms with Gasteiger partial charge in [0.1, 0.15) is 5.54 Å². The summed E-state index contributed by atoms with van der Waals surface area (Å²) in [5.74, 6) is -0.225. The van der Waals surface area contributed by atoms with Crippen LogP contribution in [-0.2, 0) is 16.1 Å². The fraction of sp³-hybridized carbons (Fsp3) is 0.462. The van der Waals surface area contributed by atoms with Gasteiger partial charge < -0.3 is 10.2 Å². The van der Waals surface area contributed by atoms with E-state index < -0.39 is 5.54 Å². The summed E-state index contributed by atoms with van der Waals surface area (Å²) in [7, 11) is 0.